The van der Waals surface area contributed by atoms with Gasteiger partial charge in [0.25, 0.3) is 11.8 Å². The minimum atomic E-state index is -0.716. The van der Waals surface area contributed by atoms with Crippen molar-refractivity contribution in [2.24, 2.45) is 11.8 Å². The molecule has 3 aliphatic heterocycles. The molecule has 4 aliphatic rings. The Morgan fingerprint density at radius 2 is 1.72 bits per heavy atom. The number of nitrogens with zero attached hydrogens (tertiary/aromatic N) is 8. The molecule has 1 unspecified atom stereocenters. The summed E-state index contributed by atoms with van der Waals surface area (Å²) in [5, 5.41) is 17.9. The lowest BCUT2D eigenvalue weighted by Crippen LogP contribution is -2.39. The van der Waals surface area contributed by atoms with E-state index in [-0.39, 0.29) is 30.2 Å². The summed E-state index contributed by atoms with van der Waals surface area (Å²) >= 11 is 0. The number of amides is 3. The highest BCUT2D eigenvalue weighted by Crippen LogP contribution is 2.62. The van der Waals surface area contributed by atoms with Gasteiger partial charge in [-0.3, -0.25) is 24.4 Å². The summed E-state index contributed by atoms with van der Waals surface area (Å²) in [6.45, 7) is 2.77. The number of cyclic esters (lactones) is 1. The number of aromatic nitrogens is 4. The van der Waals surface area contributed by atoms with Gasteiger partial charge in [0.15, 0.2) is 0 Å². The van der Waals surface area contributed by atoms with Gasteiger partial charge in [-0.05, 0) is 36.4 Å². The Morgan fingerprint density at radius 3 is 2.35 bits per heavy atom. The van der Waals surface area contributed by atoms with Gasteiger partial charge in [0, 0.05) is 61.5 Å². The fourth-order valence-electron chi connectivity index (χ4n) is 7.25. The van der Waals surface area contributed by atoms with E-state index in [1.54, 1.807) is 71.8 Å². The van der Waals surface area contributed by atoms with E-state index in [1.165, 1.54) is 15.9 Å². The Kier molecular flexibility index (Phi) is 6.43. The molecular weight excluding hydrogens is 591 g/mol. The fourth-order valence-corrected chi connectivity index (χ4v) is 7.25. The second-order valence-corrected chi connectivity index (χ2v) is 12.1. The molecule has 5 heterocycles. The third kappa shape index (κ3) is 4.36. The highest BCUT2D eigenvalue weighted by molar-refractivity contribution is 6.21. The van der Waals surface area contributed by atoms with Gasteiger partial charge in [0.1, 0.15) is 17.3 Å². The SMILES string of the molecule is N#CC1(c2ccc(-c3ccc(N4C[C@H](Cn5ccnn5)OC4=O)cc3F)cn2)[C@@H]2CN(CCN3C(=O)c4ccccc4C3=O)C[C@@H]21. The molecule has 1 aliphatic carbocycles. The minimum absolute atomic E-state index is 0.0858. The predicted octanol–water partition coefficient (Wildman–Crippen LogP) is 3.12. The number of likely N-dealkylation sites (tertiary alicyclic amines) is 1. The first-order valence-corrected chi connectivity index (χ1v) is 15.0. The highest BCUT2D eigenvalue weighted by atomic mass is 19.1. The molecule has 4 aromatic rings. The number of fused-ring (bicyclic) bond motifs is 2. The van der Waals surface area contributed by atoms with Crippen LogP contribution in [0.15, 0.2) is 73.2 Å². The number of halogens is 1. The van der Waals surface area contributed by atoms with Gasteiger partial charge in [-0.25, -0.2) is 13.9 Å². The van der Waals surface area contributed by atoms with Crippen molar-refractivity contribution in [2.75, 3.05) is 37.6 Å². The van der Waals surface area contributed by atoms with Gasteiger partial charge in [-0.15, -0.1) is 5.10 Å². The minimum Gasteiger partial charge on any atom is -0.442 e. The van der Waals surface area contributed by atoms with Crippen LogP contribution in [0.2, 0.25) is 0 Å². The summed E-state index contributed by atoms with van der Waals surface area (Å²) in [6, 6.07) is 17.5. The molecule has 0 bridgehead atoms. The number of nitriles is 1. The zero-order valence-corrected chi connectivity index (χ0v) is 24.5. The summed E-state index contributed by atoms with van der Waals surface area (Å²) in [4.78, 5) is 47.4. The Morgan fingerprint density at radius 1 is 0.957 bits per heavy atom. The number of benzene rings is 2. The summed E-state index contributed by atoms with van der Waals surface area (Å²) in [7, 11) is 0. The van der Waals surface area contributed by atoms with Crippen LogP contribution in [0.25, 0.3) is 11.1 Å². The normalized spacial score (nSPS) is 25.0. The van der Waals surface area contributed by atoms with E-state index in [9.17, 15) is 19.6 Å². The number of hydrogen-bond donors (Lipinski definition) is 0. The van der Waals surface area contributed by atoms with Crippen molar-refractivity contribution in [2.45, 2.75) is 18.1 Å². The number of hydrogen-bond acceptors (Lipinski definition) is 9. The van der Waals surface area contributed by atoms with E-state index in [1.807, 2.05) is 0 Å². The number of rotatable bonds is 8. The molecule has 2 saturated heterocycles. The predicted molar refractivity (Wildman–Crippen MR) is 160 cm³/mol. The fraction of sp³-hybridized carbons (Fsp3) is 0.303. The molecule has 8 rings (SSSR count). The molecule has 12 nitrogen and oxygen atoms in total. The number of anilines is 1. The lowest BCUT2D eigenvalue weighted by molar-refractivity contribution is 0.0637. The van der Waals surface area contributed by atoms with Crippen LogP contribution in [-0.2, 0) is 16.7 Å². The maximum absolute atomic E-state index is 15.3. The summed E-state index contributed by atoms with van der Waals surface area (Å²) in [5.41, 5.74) is 2.10. The van der Waals surface area contributed by atoms with Gasteiger partial charge in [0.2, 0.25) is 0 Å². The zero-order chi connectivity index (χ0) is 31.6. The first-order chi connectivity index (χ1) is 22.4. The molecule has 13 heteroatoms. The smallest absolute Gasteiger partial charge is 0.414 e. The average molecular weight is 619 g/mol. The van der Waals surface area contributed by atoms with E-state index in [2.05, 4.69) is 26.3 Å². The first-order valence-electron chi connectivity index (χ1n) is 15.0. The molecule has 4 atom stereocenters. The molecule has 3 fully saturated rings. The molecule has 2 aromatic heterocycles. The first kappa shape index (κ1) is 28.0. The van der Waals surface area contributed by atoms with Crippen LogP contribution >= 0.6 is 0 Å². The monoisotopic (exact) mass is 618 g/mol. The number of piperidine rings is 1. The molecule has 1 saturated carbocycles. The topological polar surface area (TPSA) is 138 Å². The number of imide groups is 1. The second kappa shape index (κ2) is 10.6. The molecule has 0 spiro atoms. The number of pyridine rings is 1. The van der Waals surface area contributed by atoms with Crippen molar-refractivity contribution in [3.05, 3.63) is 95.8 Å². The molecule has 3 amide bonds. The van der Waals surface area contributed by atoms with Crippen LogP contribution in [0, 0.1) is 29.0 Å². The Hall–Kier alpha value is -5.48. The van der Waals surface area contributed by atoms with Crippen molar-refractivity contribution < 1.29 is 23.5 Å². The number of ether oxygens (including phenoxy) is 1. The van der Waals surface area contributed by atoms with Crippen molar-refractivity contribution in [3.8, 4) is 17.2 Å². The third-order valence-corrected chi connectivity index (χ3v) is 9.66. The van der Waals surface area contributed by atoms with Gasteiger partial charge in [-0.2, -0.15) is 5.26 Å². The summed E-state index contributed by atoms with van der Waals surface area (Å²) in [6.07, 6.45) is 3.81. The van der Waals surface area contributed by atoms with Crippen LogP contribution in [0.4, 0.5) is 14.9 Å². The summed E-state index contributed by atoms with van der Waals surface area (Å²) < 4.78 is 22.3. The third-order valence-electron chi connectivity index (χ3n) is 9.66. The number of carbonyl (C=O) groups is 3. The van der Waals surface area contributed by atoms with Gasteiger partial charge in [-0.1, -0.05) is 23.4 Å². The van der Waals surface area contributed by atoms with E-state index in [0.717, 1.165) is 0 Å². The van der Waals surface area contributed by atoms with Crippen molar-refractivity contribution >= 4 is 23.6 Å². The van der Waals surface area contributed by atoms with Crippen LogP contribution in [0.3, 0.4) is 0 Å². The molecule has 0 radical (unpaired) electrons. The van der Waals surface area contributed by atoms with E-state index < -0.39 is 23.4 Å². The van der Waals surface area contributed by atoms with Crippen LogP contribution < -0.4 is 4.90 Å². The molecule has 0 N–H and O–H groups in total. The van der Waals surface area contributed by atoms with E-state index in [0.29, 0.717) is 66.4 Å². The zero-order valence-electron chi connectivity index (χ0n) is 24.5. The van der Waals surface area contributed by atoms with Gasteiger partial charge < -0.3 is 9.64 Å². The van der Waals surface area contributed by atoms with Crippen LogP contribution in [0.1, 0.15) is 26.4 Å². The standard InChI is InChI=1S/C33H27FN8O4/c34-28-13-21(42-16-22(46-32(42)45)15-40-10-9-37-38-40)6-7-23(28)20-5-8-29(36-14-20)33(19-35)26-17-39(18-27(26)33)11-12-41-30(43)24-3-1-2-4-25(24)31(41)44/h1-10,13-14,22,26-27H,11-12,15-18H2/t22-,26-,27+,33?/m0/s1. The van der Waals surface area contributed by atoms with E-state index >= 15 is 4.39 Å². The Labute approximate surface area is 262 Å². The highest BCUT2D eigenvalue weighted by Gasteiger charge is 2.70. The van der Waals surface area contributed by atoms with Crippen LogP contribution in [-0.4, -0.2) is 86.5 Å². The average Bonchev–Trinajstić information content (AvgIpc) is 3.64. The Balaban J connectivity index is 0.903. The lowest BCUT2D eigenvalue weighted by Gasteiger charge is -2.24. The van der Waals surface area contributed by atoms with Crippen molar-refractivity contribution in [3.63, 3.8) is 0 Å². The molecule has 230 valence electrons. The van der Waals surface area contributed by atoms with Gasteiger partial charge >= 0.3 is 6.09 Å². The lowest BCUT2D eigenvalue weighted by atomic mass is 9.95. The number of carbonyl (C=O) groups excluding carboxylic acids is 3. The Bertz CT molecular complexity index is 1880. The molecule has 2 aromatic carbocycles. The summed E-state index contributed by atoms with van der Waals surface area (Å²) in [5.74, 6) is -0.867. The quantitative estimate of drug-likeness (QED) is 0.273. The maximum Gasteiger partial charge on any atom is 0.414 e. The second-order valence-electron chi connectivity index (χ2n) is 12.1. The van der Waals surface area contributed by atoms with Crippen molar-refractivity contribution in [1.29, 1.82) is 5.26 Å². The molecular formula is C33H27FN8O4. The van der Waals surface area contributed by atoms with Crippen molar-refractivity contribution in [1.82, 2.24) is 29.8 Å². The largest absolute Gasteiger partial charge is 0.442 e. The van der Waals surface area contributed by atoms with Gasteiger partial charge in [0.05, 0.1) is 47.9 Å². The van der Waals surface area contributed by atoms with E-state index in [4.69, 9.17) is 4.74 Å². The molecule has 46 heavy (non-hydrogen) atoms. The van der Waals surface area contributed by atoms with Crippen LogP contribution in [0.5, 0.6) is 0 Å². The maximum atomic E-state index is 15.3.